The lowest BCUT2D eigenvalue weighted by Gasteiger charge is -2.14. The van der Waals surface area contributed by atoms with Gasteiger partial charge in [-0.05, 0) is 40.2 Å². The van der Waals surface area contributed by atoms with E-state index in [2.05, 4.69) is 31.0 Å². The van der Waals surface area contributed by atoms with Crippen LogP contribution in [0.4, 0.5) is 14.5 Å². The molecule has 1 aromatic carbocycles. The third-order valence-electron chi connectivity index (χ3n) is 2.35. The van der Waals surface area contributed by atoms with Crippen molar-refractivity contribution in [3.8, 4) is 5.75 Å². The fourth-order valence-electron chi connectivity index (χ4n) is 1.57. The third kappa shape index (κ3) is 3.84. The smallest absolute Gasteiger partial charge is 0.387 e. The summed E-state index contributed by atoms with van der Waals surface area (Å²) in [5.74, 6) is 0.0333. The van der Waals surface area contributed by atoms with E-state index >= 15 is 0 Å². The number of nitrogens with one attached hydrogen (secondary N) is 2. The van der Waals surface area contributed by atoms with Gasteiger partial charge in [0.05, 0.1) is 16.7 Å². The van der Waals surface area contributed by atoms with E-state index < -0.39 is 6.61 Å². The number of hydrogen-bond acceptors (Lipinski definition) is 2. The van der Waals surface area contributed by atoms with Gasteiger partial charge in [0.15, 0.2) is 5.75 Å². The maximum absolute atomic E-state index is 12.4. The van der Waals surface area contributed by atoms with Crippen molar-refractivity contribution in [2.24, 2.45) is 0 Å². The molecule has 19 heavy (non-hydrogen) atoms. The second-order valence-corrected chi connectivity index (χ2v) is 4.98. The first-order valence-electron chi connectivity index (χ1n) is 5.36. The van der Waals surface area contributed by atoms with Gasteiger partial charge >= 0.3 is 6.61 Å². The predicted molar refractivity (Wildman–Crippen MR) is 73.9 cm³/mol. The van der Waals surface area contributed by atoms with Crippen LogP contribution in [0.25, 0.3) is 0 Å². The molecule has 1 aromatic heterocycles. The molecule has 0 bridgehead atoms. The molecule has 2 rings (SSSR count). The molecule has 0 saturated carbocycles. The van der Waals surface area contributed by atoms with Gasteiger partial charge in [0.25, 0.3) is 0 Å². The Balaban J connectivity index is 2.21. The van der Waals surface area contributed by atoms with Crippen molar-refractivity contribution in [3.63, 3.8) is 0 Å². The monoisotopic (exact) mass is 350 g/mol. The van der Waals surface area contributed by atoms with Crippen LogP contribution in [0.5, 0.6) is 5.75 Å². The van der Waals surface area contributed by atoms with Gasteiger partial charge in [0, 0.05) is 16.9 Å². The Bertz CT molecular complexity index is 549. The molecular formula is C12H10BrClF2N2O. The Labute approximate surface area is 122 Å². The largest absolute Gasteiger partial charge is 0.431 e. The van der Waals surface area contributed by atoms with Gasteiger partial charge in [0.1, 0.15) is 0 Å². The van der Waals surface area contributed by atoms with Crippen LogP contribution in [-0.4, -0.2) is 11.6 Å². The third-order valence-corrected chi connectivity index (χ3v) is 3.15. The number of H-pyrrole nitrogens is 1. The molecule has 0 saturated heterocycles. The van der Waals surface area contributed by atoms with E-state index in [1.165, 1.54) is 12.1 Å². The summed E-state index contributed by atoms with van der Waals surface area (Å²) in [6, 6.07) is 6.76. The minimum absolute atomic E-state index is 0.0333. The van der Waals surface area contributed by atoms with Gasteiger partial charge in [-0.3, -0.25) is 0 Å². The maximum Gasteiger partial charge on any atom is 0.387 e. The second-order valence-electron chi connectivity index (χ2n) is 3.69. The van der Waals surface area contributed by atoms with Gasteiger partial charge in [-0.25, -0.2) is 0 Å². The highest BCUT2D eigenvalue weighted by molar-refractivity contribution is 9.10. The van der Waals surface area contributed by atoms with Gasteiger partial charge in [-0.15, -0.1) is 0 Å². The van der Waals surface area contributed by atoms with Crippen LogP contribution in [0.15, 0.2) is 34.9 Å². The minimum Gasteiger partial charge on any atom is -0.431 e. The zero-order valence-corrected chi connectivity index (χ0v) is 11.9. The fraction of sp³-hybridized carbons (Fsp3) is 0.167. The van der Waals surface area contributed by atoms with Crippen molar-refractivity contribution >= 4 is 33.2 Å². The first-order chi connectivity index (χ1) is 9.06. The summed E-state index contributed by atoms with van der Waals surface area (Å²) < 4.78 is 29.6. The quantitative estimate of drug-likeness (QED) is 0.823. The molecule has 0 aliphatic carbocycles. The van der Waals surface area contributed by atoms with Crippen molar-refractivity contribution in [1.29, 1.82) is 0 Å². The number of hydrogen-bond donors (Lipinski definition) is 2. The number of anilines is 1. The zero-order valence-electron chi connectivity index (χ0n) is 9.59. The van der Waals surface area contributed by atoms with Crippen LogP contribution in [0.1, 0.15) is 5.69 Å². The Kier molecular flexibility index (Phi) is 4.66. The lowest BCUT2D eigenvalue weighted by atomic mass is 10.3. The number of ether oxygens (including phenoxy) is 1. The summed E-state index contributed by atoms with van der Waals surface area (Å²) in [6.45, 7) is -2.46. The average molecular weight is 352 g/mol. The zero-order chi connectivity index (χ0) is 13.8. The molecule has 0 radical (unpaired) electrons. The van der Waals surface area contributed by atoms with Crippen molar-refractivity contribution in [1.82, 2.24) is 4.98 Å². The van der Waals surface area contributed by atoms with Crippen LogP contribution in [-0.2, 0) is 6.54 Å². The summed E-state index contributed by atoms with van der Waals surface area (Å²) in [4.78, 5) is 3.00. The molecule has 0 aliphatic heterocycles. The van der Waals surface area contributed by atoms with E-state index in [0.29, 0.717) is 21.7 Å². The normalized spacial score (nSPS) is 10.8. The first-order valence-corrected chi connectivity index (χ1v) is 6.53. The van der Waals surface area contributed by atoms with E-state index in [1.54, 1.807) is 6.20 Å². The van der Waals surface area contributed by atoms with Gasteiger partial charge in [-0.1, -0.05) is 11.6 Å². The average Bonchev–Trinajstić information content (AvgIpc) is 2.83. The Morgan fingerprint density at radius 1 is 1.42 bits per heavy atom. The molecule has 0 fully saturated rings. The molecular weight excluding hydrogens is 341 g/mol. The van der Waals surface area contributed by atoms with E-state index in [4.69, 9.17) is 11.6 Å². The molecule has 2 aromatic rings. The summed E-state index contributed by atoms with van der Waals surface area (Å²) in [5, 5.41) is 3.42. The van der Waals surface area contributed by atoms with Gasteiger partial charge in [-0.2, -0.15) is 8.78 Å². The highest BCUT2D eigenvalue weighted by atomic mass is 79.9. The van der Waals surface area contributed by atoms with E-state index in [1.807, 2.05) is 12.1 Å². The molecule has 7 heteroatoms. The topological polar surface area (TPSA) is 37.0 Å². The standard InChI is InChI=1S/C12H10BrClF2N2O/c13-9-4-7(14)5-10(11(9)19-12(15)16)18-6-8-2-1-3-17-8/h1-5,12,17-18H,6H2. The Morgan fingerprint density at radius 3 is 2.84 bits per heavy atom. The van der Waals surface area contributed by atoms with Crippen molar-refractivity contribution in [3.05, 3.63) is 45.7 Å². The van der Waals surface area contributed by atoms with Crippen molar-refractivity contribution < 1.29 is 13.5 Å². The molecule has 2 N–H and O–H groups in total. The van der Waals surface area contributed by atoms with Gasteiger partial charge < -0.3 is 15.0 Å². The fourth-order valence-corrected chi connectivity index (χ4v) is 2.47. The molecule has 3 nitrogen and oxygen atoms in total. The summed E-state index contributed by atoms with van der Waals surface area (Å²) in [5.41, 5.74) is 1.31. The van der Waals surface area contributed by atoms with E-state index in [9.17, 15) is 8.78 Å². The number of rotatable bonds is 5. The summed E-state index contributed by atoms with van der Waals surface area (Å²) in [6.07, 6.45) is 1.78. The van der Waals surface area contributed by atoms with Crippen LogP contribution >= 0.6 is 27.5 Å². The Hall–Kier alpha value is -1.27. The summed E-state index contributed by atoms with van der Waals surface area (Å²) >= 11 is 9.05. The van der Waals surface area contributed by atoms with Crippen LogP contribution in [0.2, 0.25) is 5.02 Å². The summed E-state index contributed by atoms with van der Waals surface area (Å²) in [7, 11) is 0. The van der Waals surface area contributed by atoms with Gasteiger partial charge in [0.2, 0.25) is 0 Å². The molecule has 0 unspecified atom stereocenters. The number of aromatic amines is 1. The minimum atomic E-state index is -2.90. The first kappa shape index (κ1) is 14.1. The molecule has 0 atom stereocenters. The van der Waals surface area contributed by atoms with Crippen LogP contribution in [0.3, 0.4) is 0 Å². The number of halogens is 4. The highest BCUT2D eigenvalue weighted by Gasteiger charge is 2.14. The maximum atomic E-state index is 12.4. The molecule has 1 heterocycles. The molecule has 0 aliphatic rings. The second kappa shape index (κ2) is 6.25. The van der Waals surface area contributed by atoms with Crippen LogP contribution < -0.4 is 10.1 Å². The number of benzene rings is 1. The van der Waals surface area contributed by atoms with Crippen molar-refractivity contribution in [2.45, 2.75) is 13.2 Å². The predicted octanol–water partition coefficient (Wildman–Crippen LogP) is 4.64. The Morgan fingerprint density at radius 2 is 2.21 bits per heavy atom. The molecule has 0 spiro atoms. The molecule has 0 amide bonds. The molecule has 102 valence electrons. The van der Waals surface area contributed by atoms with E-state index in [-0.39, 0.29) is 5.75 Å². The number of aromatic nitrogens is 1. The van der Waals surface area contributed by atoms with Crippen molar-refractivity contribution in [2.75, 3.05) is 5.32 Å². The lowest BCUT2D eigenvalue weighted by molar-refractivity contribution is -0.0498. The van der Waals surface area contributed by atoms with E-state index in [0.717, 1.165) is 5.69 Å². The lowest BCUT2D eigenvalue weighted by Crippen LogP contribution is -2.07. The number of alkyl halides is 2. The highest BCUT2D eigenvalue weighted by Crippen LogP contribution is 2.37. The SMILES string of the molecule is FC(F)Oc1c(Br)cc(Cl)cc1NCc1ccc[nH]1. The van der Waals surface area contributed by atoms with Crippen LogP contribution in [0, 0.1) is 0 Å².